The molecule has 0 aliphatic rings. The summed E-state index contributed by atoms with van der Waals surface area (Å²) in [4.78, 5) is 49.7. The molecule has 12 heteroatoms. The van der Waals surface area contributed by atoms with E-state index in [0.717, 1.165) is 0 Å². The van der Waals surface area contributed by atoms with Crippen LogP contribution >= 0.6 is 23.2 Å². The molecule has 0 aromatic heterocycles. The molecule has 46 heavy (non-hydrogen) atoms. The molecule has 10 nitrogen and oxygen atoms in total. The summed E-state index contributed by atoms with van der Waals surface area (Å²) in [6, 6.07) is 27.1. The number of hydrogen-bond donors (Lipinski definition) is 4. The highest BCUT2D eigenvalue weighted by atomic mass is 35.5. The minimum absolute atomic E-state index is 0.111. The van der Waals surface area contributed by atoms with Crippen LogP contribution in [0, 0.1) is 0 Å². The summed E-state index contributed by atoms with van der Waals surface area (Å²) >= 11 is 11.8. The van der Waals surface area contributed by atoms with Gasteiger partial charge in [0.25, 0.3) is 11.8 Å². The maximum Gasteiger partial charge on any atom is 0.255 e. The first kappa shape index (κ1) is 33.6. The molecule has 0 saturated heterocycles. The lowest BCUT2D eigenvalue weighted by Gasteiger charge is -2.08. The Morgan fingerprint density at radius 2 is 0.913 bits per heavy atom. The van der Waals surface area contributed by atoms with Gasteiger partial charge in [-0.15, -0.1) is 0 Å². The van der Waals surface area contributed by atoms with Crippen LogP contribution in [0.3, 0.4) is 0 Å². The van der Waals surface area contributed by atoms with Crippen LogP contribution in [0.1, 0.15) is 58.5 Å². The molecule has 4 aromatic rings. The Balaban J connectivity index is 1.24. The molecular formula is C34H30Cl2N6O4. The summed E-state index contributed by atoms with van der Waals surface area (Å²) in [5.41, 5.74) is 9.31. The summed E-state index contributed by atoms with van der Waals surface area (Å²) in [5.74, 6) is -1.48. The van der Waals surface area contributed by atoms with Gasteiger partial charge in [-0.05, 0) is 97.8 Å². The van der Waals surface area contributed by atoms with E-state index in [0.29, 0.717) is 55.1 Å². The number of carbonyl (C=O) groups excluding carboxylic acids is 4. The van der Waals surface area contributed by atoms with Crippen molar-refractivity contribution >= 4 is 69.6 Å². The van der Waals surface area contributed by atoms with Gasteiger partial charge in [-0.25, -0.2) is 10.9 Å². The zero-order valence-electron chi connectivity index (χ0n) is 24.9. The molecule has 0 atom stereocenters. The van der Waals surface area contributed by atoms with Crippen LogP contribution < -0.4 is 21.5 Å². The van der Waals surface area contributed by atoms with Gasteiger partial charge >= 0.3 is 0 Å². The Morgan fingerprint density at radius 1 is 0.543 bits per heavy atom. The second kappa shape index (κ2) is 16.1. The monoisotopic (exact) mass is 656 g/mol. The minimum Gasteiger partial charge on any atom is -0.322 e. The molecule has 0 aliphatic heterocycles. The maximum absolute atomic E-state index is 12.5. The molecule has 4 aromatic carbocycles. The predicted molar refractivity (Wildman–Crippen MR) is 182 cm³/mol. The van der Waals surface area contributed by atoms with Gasteiger partial charge in [0.1, 0.15) is 0 Å². The molecule has 0 unspecified atom stereocenters. The number of rotatable bonds is 11. The first-order valence-corrected chi connectivity index (χ1v) is 14.8. The fourth-order valence-corrected chi connectivity index (χ4v) is 4.27. The normalized spacial score (nSPS) is 11.4. The van der Waals surface area contributed by atoms with Crippen molar-refractivity contribution in [3.63, 3.8) is 0 Å². The third-order valence-electron chi connectivity index (χ3n) is 6.56. The van der Waals surface area contributed by atoms with Crippen molar-refractivity contribution < 1.29 is 19.2 Å². The SMILES string of the molecule is CC(=NNC(=O)CCC(=O)NN=C(C)c1cccc(NC(=O)c2ccc(Cl)cc2)c1)c1cccc(NC(=O)c2ccc(Cl)cc2)c1. The molecule has 4 N–H and O–H groups in total. The zero-order chi connectivity index (χ0) is 33.1. The number of halogens is 2. The molecule has 0 bridgehead atoms. The zero-order valence-corrected chi connectivity index (χ0v) is 26.4. The molecule has 0 heterocycles. The minimum atomic E-state index is -0.452. The lowest BCUT2D eigenvalue weighted by Crippen LogP contribution is -2.24. The van der Waals surface area contributed by atoms with Crippen molar-refractivity contribution in [2.75, 3.05) is 10.6 Å². The van der Waals surface area contributed by atoms with E-state index in [4.69, 9.17) is 23.2 Å². The second-order valence-electron chi connectivity index (χ2n) is 10.0. The molecule has 0 fully saturated rings. The van der Waals surface area contributed by atoms with E-state index < -0.39 is 11.8 Å². The van der Waals surface area contributed by atoms with Gasteiger partial charge in [-0.2, -0.15) is 10.2 Å². The first-order chi connectivity index (χ1) is 22.1. The average Bonchev–Trinajstić information content (AvgIpc) is 3.05. The van der Waals surface area contributed by atoms with Crippen molar-refractivity contribution in [1.29, 1.82) is 0 Å². The van der Waals surface area contributed by atoms with Crippen molar-refractivity contribution in [1.82, 2.24) is 10.9 Å². The smallest absolute Gasteiger partial charge is 0.255 e. The third-order valence-corrected chi connectivity index (χ3v) is 7.07. The molecule has 0 saturated carbocycles. The fourth-order valence-electron chi connectivity index (χ4n) is 4.01. The van der Waals surface area contributed by atoms with Crippen LogP contribution in [-0.4, -0.2) is 35.1 Å². The average molecular weight is 658 g/mol. The maximum atomic E-state index is 12.5. The Kier molecular flexibility index (Phi) is 11.8. The van der Waals surface area contributed by atoms with Crippen LogP contribution in [0.5, 0.6) is 0 Å². The fraction of sp³-hybridized carbons (Fsp3) is 0.118. The van der Waals surface area contributed by atoms with Crippen molar-refractivity contribution in [3.8, 4) is 0 Å². The quantitative estimate of drug-likeness (QED) is 0.106. The van der Waals surface area contributed by atoms with E-state index in [1.807, 2.05) is 0 Å². The molecule has 0 aliphatic carbocycles. The summed E-state index contributed by atoms with van der Waals surface area (Å²) in [5, 5.41) is 15.0. The summed E-state index contributed by atoms with van der Waals surface area (Å²) in [7, 11) is 0. The van der Waals surface area contributed by atoms with E-state index in [-0.39, 0.29) is 24.7 Å². The van der Waals surface area contributed by atoms with Gasteiger partial charge < -0.3 is 10.6 Å². The highest BCUT2D eigenvalue weighted by molar-refractivity contribution is 6.31. The van der Waals surface area contributed by atoms with Gasteiger partial charge in [-0.3, -0.25) is 19.2 Å². The number of benzene rings is 4. The molecule has 0 spiro atoms. The number of carbonyl (C=O) groups is 4. The van der Waals surface area contributed by atoms with E-state index in [2.05, 4.69) is 31.7 Å². The van der Waals surface area contributed by atoms with Gasteiger partial charge in [0.15, 0.2) is 0 Å². The van der Waals surface area contributed by atoms with E-state index in [1.54, 1.807) is 111 Å². The predicted octanol–water partition coefficient (Wildman–Crippen LogP) is 6.66. The van der Waals surface area contributed by atoms with Crippen molar-refractivity contribution in [2.24, 2.45) is 10.2 Å². The largest absolute Gasteiger partial charge is 0.322 e. The summed E-state index contributed by atoms with van der Waals surface area (Å²) < 4.78 is 0. The molecule has 4 rings (SSSR count). The second-order valence-corrected chi connectivity index (χ2v) is 10.9. The first-order valence-electron chi connectivity index (χ1n) is 14.1. The van der Waals surface area contributed by atoms with Crippen LogP contribution in [0.4, 0.5) is 11.4 Å². The summed E-state index contributed by atoms with van der Waals surface area (Å²) in [6.45, 7) is 3.42. The highest BCUT2D eigenvalue weighted by Crippen LogP contribution is 2.16. The van der Waals surface area contributed by atoms with Crippen LogP contribution in [0.2, 0.25) is 10.0 Å². The van der Waals surface area contributed by atoms with Crippen LogP contribution in [-0.2, 0) is 9.59 Å². The Hall–Kier alpha value is -5.32. The van der Waals surface area contributed by atoms with Crippen molar-refractivity contribution in [3.05, 3.63) is 129 Å². The van der Waals surface area contributed by atoms with E-state index in [1.165, 1.54) is 0 Å². The Labute approximate surface area is 275 Å². The van der Waals surface area contributed by atoms with Crippen LogP contribution in [0.25, 0.3) is 0 Å². The lowest BCUT2D eigenvalue weighted by molar-refractivity contribution is -0.126. The number of amides is 4. The summed E-state index contributed by atoms with van der Waals surface area (Å²) in [6.07, 6.45) is -0.221. The number of nitrogens with zero attached hydrogens (tertiary/aromatic N) is 2. The molecule has 234 valence electrons. The van der Waals surface area contributed by atoms with E-state index >= 15 is 0 Å². The molecular weight excluding hydrogens is 627 g/mol. The topological polar surface area (TPSA) is 141 Å². The van der Waals surface area contributed by atoms with Gasteiger partial charge in [0, 0.05) is 45.4 Å². The Morgan fingerprint density at radius 3 is 1.28 bits per heavy atom. The number of hydrogen-bond acceptors (Lipinski definition) is 6. The van der Waals surface area contributed by atoms with Crippen molar-refractivity contribution in [2.45, 2.75) is 26.7 Å². The van der Waals surface area contributed by atoms with Gasteiger partial charge in [0.2, 0.25) is 11.8 Å². The van der Waals surface area contributed by atoms with E-state index in [9.17, 15) is 19.2 Å². The third kappa shape index (κ3) is 10.1. The van der Waals surface area contributed by atoms with Gasteiger partial charge in [0.05, 0.1) is 11.4 Å². The number of nitrogens with one attached hydrogen (secondary N) is 4. The highest BCUT2D eigenvalue weighted by Gasteiger charge is 2.10. The number of anilines is 2. The molecule has 4 amide bonds. The van der Waals surface area contributed by atoms with Gasteiger partial charge in [-0.1, -0.05) is 47.5 Å². The lowest BCUT2D eigenvalue weighted by atomic mass is 10.1. The Bertz CT molecular complexity index is 1670. The standard InChI is InChI=1S/C34H30Cl2N6O4/c1-21(25-5-3-7-29(19-25)37-33(45)23-9-13-27(35)14-10-23)39-41-31(43)17-18-32(44)42-40-22(2)26-6-4-8-30(20-26)38-34(46)24-11-15-28(36)16-12-24/h3-16,19-20H,17-18H2,1-2H3,(H,37,45)(H,38,46)(H,41,43)(H,42,44). The number of hydrazone groups is 2. The molecule has 0 radical (unpaired) electrons. The van der Waals surface area contributed by atoms with Crippen LogP contribution in [0.15, 0.2) is 107 Å².